The van der Waals surface area contributed by atoms with E-state index in [-0.39, 0.29) is 30.8 Å². The van der Waals surface area contributed by atoms with E-state index in [1.54, 1.807) is 55.3 Å². The standard InChI is InChI=1S/C30H39FN2O6SSi/c1-21-27(30(35)36)32-26(40-21)19-33(16-6-7-22-8-12-24(31)13-9-22)29(34)28(23-10-14-25(37-2)15-11-23)39-20-38-17-18-41(3,4)5/h8-15,28H,6-7,16-20H2,1-5H3,(H,35,36)/t28-/m1/s1. The fourth-order valence-electron chi connectivity index (χ4n) is 4.08. The van der Waals surface area contributed by atoms with Gasteiger partial charge in [0.1, 0.15) is 23.4 Å². The van der Waals surface area contributed by atoms with E-state index in [1.807, 2.05) is 0 Å². The molecule has 0 saturated heterocycles. The molecule has 0 aliphatic rings. The van der Waals surface area contributed by atoms with E-state index in [9.17, 15) is 19.1 Å². The molecular formula is C30H39FN2O6SSi. The van der Waals surface area contributed by atoms with Gasteiger partial charge in [-0.25, -0.2) is 14.2 Å². The van der Waals surface area contributed by atoms with Crippen molar-refractivity contribution in [3.05, 3.63) is 81.1 Å². The summed E-state index contributed by atoms with van der Waals surface area (Å²) in [5.41, 5.74) is 1.59. The number of halogens is 1. The molecule has 0 unspecified atom stereocenters. The molecule has 222 valence electrons. The number of carboxylic acid groups (broad SMARTS) is 1. The van der Waals surface area contributed by atoms with Crippen molar-refractivity contribution >= 4 is 31.3 Å². The van der Waals surface area contributed by atoms with Crippen molar-refractivity contribution in [2.24, 2.45) is 0 Å². The molecule has 3 rings (SSSR count). The summed E-state index contributed by atoms with van der Waals surface area (Å²) in [6, 6.07) is 14.4. The van der Waals surface area contributed by atoms with E-state index in [0.29, 0.717) is 47.2 Å². The number of methoxy groups -OCH3 is 1. The van der Waals surface area contributed by atoms with Gasteiger partial charge >= 0.3 is 5.97 Å². The van der Waals surface area contributed by atoms with E-state index in [0.717, 1.165) is 11.6 Å². The molecule has 0 aliphatic carbocycles. The number of hydrogen-bond acceptors (Lipinski definition) is 7. The van der Waals surface area contributed by atoms with Crippen LogP contribution in [0.1, 0.15) is 44.0 Å². The van der Waals surface area contributed by atoms with Crippen LogP contribution in [0, 0.1) is 12.7 Å². The van der Waals surface area contributed by atoms with Gasteiger partial charge in [-0.15, -0.1) is 11.3 Å². The number of carbonyl (C=O) groups is 2. The Hall–Kier alpha value is -3.12. The highest BCUT2D eigenvalue weighted by Gasteiger charge is 2.28. The van der Waals surface area contributed by atoms with Gasteiger partial charge in [0, 0.05) is 26.1 Å². The van der Waals surface area contributed by atoms with Crippen molar-refractivity contribution in [2.45, 2.75) is 58.1 Å². The van der Waals surface area contributed by atoms with Crippen LogP contribution in [0.3, 0.4) is 0 Å². The molecule has 0 aliphatic heterocycles. The lowest BCUT2D eigenvalue weighted by atomic mass is 10.1. The summed E-state index contributed by atoms with van der Waals surface area (Å²) in [5, 5.41) is 10.00. The average Bonchev–Trinajstić information content (AvgIpc) is 3.30. The van der Waals surface area contributed by atoms with Crippen LogP contribution in [0.25, 0.3) is 0 Å². The van der Waals surface area contributed by atoms with Crippen molar-refractivity contribution in [3.63, 3.8) is 0 Å². The molecule has 11 heteroatoms. The van der Waals surface area contributed by atoms with Gasteiger partial charge in [0.05, 0.1) is 13.7 Å². The Morgan fingerprint density at radius 3 is 2.37 bits per heavy atom. The van der Waals surface area contributed by atoms with E-state index in [4.69, 9.17) is 14.2 Å². The summed E-state index contributed by atoms with van der Waals surface area (Å²) in [7, 11) is 0.287. The molecule has 8 nitrogen and oxygen atoms in total. The van der Waals surface area contributed by atoms with Gasteiger partial charge in [-0.3, -0.25) is 4.79 Å². The molecule has 1 aromatic heterocycles. The zero-order valence-corrected chi connectivity index (χ0v) is 26.1. The van der Waals surface area contributed by atoms with Crippen LogP contribution in [0.2, 0.25) is 25.7 Å². The Morgan fingerprint density at radius 2 is 1.78 bits per heavy atom. The van der Waals surface area contributed by atoms with Crippen LogP contribution in [-0.2, 0) is 27.2 Å². The molecule has 0 spiro atoms. The van der Waals surface area contributed by atoms with Crippen LogP contribution in [0.5, 0.6) is 5.75 Å². The van der Waals surface area contributed by atoms with Gasteiger partial charge < -0.3 is 24.2 Å². The number of hydrogen-bond donors (Lipinski definition) is 1. The lowest BCUT2D eigenvalue weighted by molar-refractivity contribution is -0.155. The SMILES string of the molecule is COc1ccc([C@@H](OCOCC[Si](C)(C)C)C(=O)N(CCCc2ccc(F)cc2)Cc2nc(C(=O)O)c(C)s2)cc1. The van der Waals surface area contributed by atoms with E-state index >= 15 is 0 Å². The number of aryl methyl sites for hydroxylation is 2. The van der Waals surface area contributed by atoms with Crippen molar-refractivity contribution < 1.29 is 33.3 Å². The van der Waals surface area contributed by atoms with Crippen molar-refractivity contribution in [2.75, 3.05) is 27.1 Å². The van der Waals surface area contributed by atoms with Gasteiger partial charge in [-0.1, -0.05) is 43.9 Å². The fourth-order valence-corrected chi connectivity index (χ4v) is 5.78. The molecule has 1 amide bonds. The number of ether oxygens (including phenoxy) is 3. The molecule has 41 heavy (non-hydrogen) atoms. The van der Waals surface area contributed by atoms with Crippen molar-refractivity contribution in [1.82, 2.24) is 9.88 Å². The molecule has 0 bridgehead atoms. The Labute approximate surface area is 246 Å². The predicted molar refractivity (Wildman–Crippen MR) is 160 cm³/mol. The lowest BCUT2D eigenvalue weighted by Crippen LogP contribution is -2.37. The minimum Gasteiger partial charge on any atom is -0.497 e. The number of thiazole rings is 1. The van der Waals surface area contributed by atoms with Crippen LogP contribution >= 0.6 is 11.3 Å². The van der Waals surface area contributed by atoms with Crippen LogP contribution in [-0.4, -0.2) is 62.0 Å². The van der Waals surface area contributed by atoms with E-state index in [2.05, 4.69) is 24.6 Å². The number of aromatic carboxylic acids is 1. The first-order valence-corrected chi connectivity index (χ1v) is 18.1. The van der Waals surface area contributed by atoms with Crippen molar-refractivity contribution in [1.29, 1.82) is 0 Å². The summed E-state index contributed by atoms with van der Waals surface area (Å²) in [4.78, 5) is 32.1. The van der Waals surface area contributed by atoms with Gasteiger partial charge in [-0.2, -0.15) is 0 Å². The zero-order chi connectivity index (χ0) is 30.0. The molecule has 0 radical (unpaired) electrons. The minimum absolute atomic E-state index is 0.0116. The zero-order valence-electron chi connectivity index (χ0n) is 24.3. The molecule has 1 heterocycles. The number of carbonyl (C=O) groups excluding carboxylic acids is 1. The van der Waals surface area contributed by atoms with Gasteiger partial charge in [0.15, 0.2) is 11.8 Å². The summed E-state index contributed by atoms with van der Waals surface area (Å²) in [5.74, 6) is -1.03. The van der Waals surface area contributed by atoms with E-state index < -0.39 is 20.1 Å². The summed E-state index contributed by atoms with van der Waals surface area (Å²) >= 11 is 1.25. The fraction of sp³-hybridized carbons (Fsp3) is 0.433. The minimum atomic E-state index is -1.29. The maximum atomic E-state index is 14.1. The quantitative estimate of drug-likeness (QED) is 0.116. The lowest BCUT2D eigenvalue weighted by Gasteiger charge is -2.27. The Balaban J connectivity index is 1.82. The maximum absolute atomic E-state index is 14.1. The van der Waals surface area contributed by atoms with E-state index in [1.165, 1.54) is 23.5 Å². The normalized spacial score (nSPS) is 12.2. The first-order chi connectivity index (χ1) is 19.5. The molecule has 1 N–H and O–H groups in total. The number of amides is 1. The Kier molecular flexibility index (Phi) is 12.0. The van der Waals surface area contributed by atoms with Crippen LogP contribution < -0.4 is 4.74 Å². The second kappa shape index (κ2) is 15.2. The van der Waals surface area contributed by atoms with Crippen LogP contribution in [0.15, 0.2) is 48.5 Å². The number of carboxylic acids is 1. The third-order valence-electron chi connectivity index (χ3n) is 6.45. The molecule has 2 aromatic carbocycles. The van der Waals surface area contributed by atoms with Gasteiger partial charge in [0.25, 0.3) is 5.91 Å². The number of benzene rings is 2. The number of rotatable bonds is 16. The van der Waals surface area contributed by atoms with Gasteiger partial charge in [0.2, 0.25) is 0 Å². The number of nitrogens with zero attached hydrogens (tertiary/aromatic N) is 2. The van der Waals surface area contributed by atoms with Crippen LogP contribution in [0.4, 0.5) is 4.39 Å². The Bertz CT molecular complexity index is 1280. The second-order valence-corrected chi connectivity index (χ2v) is 17.9. The maximum Gasteiger partial charge on any atom is 0.355 e. The topological polar surface area (TPSA) is 98.2 Å². The first kappa shape index (κ1) is 32.4. The first-order valence-electron chi connectivity index (χ1n) is 13.5. The molecular weight excluding hydrogens is 563 g/mol. The highest BCUT2D eigenvalue weighted by Crippen LogP contribution is 2.26. The highest BCUT2D eigenvalue weighted by atomic mass is 32.1. The smallest absolute Gasteiger partial charge is 0.355 e. The third-order valence-corrected chi connectivity index (χ3v) is 9.10. The summed E-state index contributed by atoms with van der Waals surface area (Å²) < 4.78 is 30.4. The summed E-state index contributed by atoms with van der Waals surface area (Å²) in [6.45, 7) is 9.50. The highest BCUT2D eigenvalue weighted by molar-refractivity contribution is 7.11. The number of aromatic nitrogens is 1. The summed E-state index contributed by atoms with van der Waals surface area (Å²) in [6.07, 6.45) is 0.295. The molecule has 1 atom stereocenters. The monoisotopic (exact) mass is 602 g/mol. The second-order valence-electron chi connectivity index (χ2n) is 11.0. The Morgan fingerprint density at radius 1 is 1.10 bits per heavy atom. The molecule has 0 fully saturated rings. The predicted octanol–water partition coefficient (Wildman–Crippen LogP) is 6.33. The third kappa shape index (κ3) is 10.3. The largest absolute Gasteiger partial charge is 0.497 e. The van der Waals surface area contributed by atoms with Crippen molar-refractivity contribution in [3.8, 4) is 5.75 Å². The average molecular weight is 603 g/mol. The van der Waals surface area contributed by atoms with Gasteiger partial charge in [-0.05, 0) is 61.2 Å². The molecule has 3 aromatic rings. The molecule has 0 saturated carbocycles.